The van der Waals surface area contributed by atoms with Gasteiger partial charge < -0.3 is 19.7 Å². The zero-order valence-electron chi connectivity index (χ0n) is 14.5. The molecule has 2 aliphatic rings. The third-order valence-corrected chi connectivity index (χ3v) is 5.29. The Kier molecular flexibility index (Phi) is 5.61. The van der Waals surface area contributed by atoms with Crippen LogP contribution in [-0.2, 0) is 4.74 Å². The van der Waals surface area contributed by atoms with E-state index in [4.69, 9.17) is 9.47 Å². The molecule has 0 bridgehead atoms. The average Bonchev–Trinajstić information content (AvgIpc) is 3.03. The van der Waals surface area contributed by atoms with E-state index in [9.17, 15) is 4.79 Å². The maximum absolute atomic E-state index is 12.6. The number of hydrogen-bond donors (Lipinski definition) is 1. The molecule has 0 aromatic heterocycles. The Labute approximate surface area is 144 Å². The van der Waals surface area contributed by atoms with Crippen LogP contribution in [0.25, 0.3) is 0 Å². The van der Waals surface area contributed by atoms with Crippen molar-refractivity contribution in [1.29, 1.82) is 0 Å². The van der Waals surface area contributed by atoms with Crippen LogP contribution in [0.15, 0.2) is 30.3 Å². The molecule has 1 N–H and O–H groups in total. The number of ether oxygens (including phenoxy) is 2. The van der Waals surface area contributed by atoms with Crippen LogP contribution in [0.1, 0.15) is 32.6 Å². The fraction of sp³-hybridized carbons (Fsp3) is 0.632. The second kappa shape index (κ2) is 7.88. The first-order chi connectivity index (χ1) is 11.7. The number of amides is 2. The Morgan fingerprint density at radius 3 is 2.75 bits per heavy atom. The summed E-state index contributed by atoms with van der Waals surface area (Å²) in [6.45, 7) is 5.94. The van der Waals surface area contributed by atoms with Gasteiger partial charge in [-0.05, 0) is 43.2 Å². The largest absolute Gasteiger partial charge is 0.491 e. The standard InChI is InChI=1S/C19H28N2O3/c1-2-16(14-24-17-6-4-3-5-7-17)20-18(22)21-11-8-19(15-21)9-12-23-13-10-19/h3-7,16H,2,8-15H2,1H3,(H,20,22)/t16-/m1/s1. The number of hydrogen-bond acceptors (Lipinski definition) is 3. The van der Waals surface area contributed by atoms with Crippen molar-refractivity contribution in [3.05, 3.63) is 30.3 Å². The van der Waals surface area contributed by atoms with E-state index in [0.29, 0.717) is 6.61 Å². The number of carbonyl (C=O) groups excluding carboxylic acids is 1. The highest BCUT2D eigenvalue weighted by Crippen LogP contribution is 2.39. The molecule has 2 amide bonds. The molecular weight excluding hydrogens is 304 g/mol. The number of urea groups is 1. The Hall–Kier alpha value is -1.75. The molecule has 0 aliphatic carbocycles. The quantitative estimate of drug-likeness (QED) is 0.901. The predicted molar refractivity (Wildman–Crippen MR) is 93.2 cm³/mol. The summed E-state index contributed by atoms with van der Waals surface area (Å²) >= 11 is 0. The summed E-state index contributed by atoms with van der Waals surface area (Å²) in [6, 6.07) is 9.81. The van der Waals surface area contributed by atoms with Gasteiger partial charge in [0.2, 0.25) is 0 Å². The lowest BCUT2D eigenvalue weighted by molar-refractivity contribution is 0.0208. The molecule has 2 heterocycles. The van der Waals surface area contributed by atoms with Gasteiger partial charge in [0, 0.05) is 26.3 Å². The first-order valence-electron chi connectivity index (χ1n) is 9.02. The molecule has 1 aromatic rings. The zero-order chi connectivity index (χ0) is 16.8. The highest BCUT2D eigenvalue weighted by atomic mass is 16.5. The molecule has 1 atom stereocenters. The average molecular weight is 332 g/mol. The summed E-state index contributed by atoms with van der Waals surface area (Å²) < 4.78 is 11.3. The van der Waals surface area contributed by atoms with Gasteiger partial charge in [-0.15, -0.1) is 0 Å². The lowest BCUT2D eigenvalue weighted by atomic mass is 9.80. The van der Waals surface area contributed by atoms with Crippen LogP contribution in [0.4, 0.5) is 4.79 Å². The molecule has 2 saturated heterocycles. The summed E-state index contributed by atoms with van der Waals surface area (Å²) in [7, 11) is 0. The van der Waals surface area contributed by atoms with E-state index in [-0.39, 0.29) is 17.5 Å². The normalized spacial score (nSPS) is 20.8. The lowest BCUT2D eigenvalue weighted by Crippen LogP contribution is -2.46. The molecule has 0 radical (unpaired) electrons. The van der Waals surface area contributed by atoms with E-state index in [1.165, 1.54) is 0 Å². The number of carbonyl (C=O) groups is 1. The van der Waals surface area contributed by atoms with Crippen LogP contribution in [0.5, 0.6) is 5.75 Å². The van der Waals surface area contributed by atoms with Crippen molar-refractivity contribution < 1.29 is 14.3 Å². The SMILES string of the molecule is CC[C@H](COc1ccccc1)NC(=O)N1CCC2(CCOCC2)C1. The smallest absolute Gasteiger partial charge is 0.317 e. The van der Waals surface area contributed by atoms with Crippen molar-refractivity contribution in [2.75, 3.05) is 32.9 Å². The van der Waals surface area contributed by atoms with Crippen molar-refractivity contribution in [2.24, 2.45) is 5.41 Å². The molecule has 1 aromatic carbocycles. The van der Waals surface area contributed by atoms with E-state index in [1.54, 1.807) is 0 Å². The van der Waals surface area contributed by atoms with Crippen LogP contribution in [0, 0.1) is 5.41 Å². The van der Waals surface area contributed by atoms with Crippen LogP contribution < -0.4 is 10.1 Å². The molecule has 3 rings (SSSR count). The van der Waals surface area contributed by atoms with Gasteiger partial charge in [-0.3, -0.25) is 0 Å². The minimum Gasteiger partial charge on any atom is -0.491 e. The number of para-hydroxylation sites is 1. The number of nitrogens with one attached hydrogen (secondary N) is 1. The Morgan fingerprint density at radius 1 is 1.29 bits per heavy atom. The minimum atomic E-state index is 0.0314. The fourth-order valence-corrected chi connectivity index (χ4v) is 3.56. The molecule has 5 nitrogen and oxygen atoms in total. The van der Waals surface area contributed by atoms with E-state index in [1.807, 2.05) is 35.2 Å². The molecule has 2 aliphatic heterocycles. The molecule has 2 fully saturated rings. The highest BCUT2D eigenvalue weighted by Gasteiger charge is 2.41. The van der Waals surface area contributed by atoms with Crippen molar-refractivity contribution in [2.45, 2.75) is 38.6 Å². The second-order valence-electron chi connectivity index (χ2n) is 6.96. The molecule has 0 saturated carbocycles. The van der Waals surface area contributed by atoms with Crippen molar-refractivity contribution in [3.8, 4) is 5.75 Å². The molecule has 1 spiro atoms. The van der Waals surface area contributed by atoms with E-state index >= 15 is 0 Å². The summed E-state index contributed by atoms with van der Waals surface area (Å²) in [5.74, 6) is 0.840. The summed E-state index contributed by atoms with van der Waals surface area (Å²) in [6.07, 6.45) is 4.10. The maximum Gasteiger partial charge on any atom is 0.317 e. The van der Waals surface area contributed by atoms with Gasteiger partial charge in [-0.25, -0.2) is 4.79 Å². The van der Waals surface area contributed by atoms with E-state index in [0.717, 1.165) is 57.7 Å². The molecule has 0 unspecified atom stereocenters. The Bertz CT molecular complexity index is 529. The van der Waals surface area contributed by atoms with Crippen molar-refractivity contribution in [1.82, 2.24) is 10.2 Å². The molecule has 5 heteroatoms. The fourth-order valence-electron chi connectivity index (χ4n) is 3.56. The topological polar surface area (TPSA) is 50.8 Å². The summed E-state index contributed by atoms with van der Waals surface area (Å²) in [5, 5.41) is 3.13. The summed E-state index contributed by atoms with van der Waals surface area (Å²) in [5.41, 5.74) is 0.290. The zero-order valence-corrected chi connectivity index (χ0v) is 14.5. The first-order valence-corrected chi connectivity index (χ1v) is 9.02. The second-order valence-corrected chi connectivity index (χ2v) is 6.96. The first kappa shape index (κ1) is 17.1. The van der Waals surface area contributed by atoms with E-state index in [2.05, 4.69) is 12.2 Å². The van der Waals surface area contributed by atoms with Gasteiger partial charge in [0.15, 0.2) is 0 Å². The van der Waals surface area contributed by atoms with Gasteiger partial charge in [0.1, 0.15) is 12.4 Å². The molecule has 132 valence electrons. The van der Waals surface area contributed by atoms with E-state index < -0.39 is 0 Å². The van der Waals surface area contributed by atoms with Crippen molar-refractivity contribution >= 4 is 6.03 Å². The third kappa shape index (κ3) is 4.20. The van der Waals surface area contributed by atoms with Crippen LogP contribution in [0.3, 0.4) is 0 Å². The summed E-state index contributed by atoms with van der Waals surface area (Å²) in [4.78, 5) is 14.5. The molecular formula is C19H28N2O3. The lowest BCUT2D eigenvalue weighted by Gasteiger charge is -2.33. The number of benzene rings is 1. The number of likely N-dealkylation sites (tertiary alicyclic amines) is 1. The van der Waals surface area contributed by atoms with Crippen LogP contribution >= 0.6 is 0 Å². The predicted octanol–water partition coefficient (Wildman–Crippen LogP) is 3.06. The maximum atomic E-state index is 12.6. The Balaban J connectivity index is 1.48. The van der Waals surface area contributed by atoms with Crippen LogP contribution in [-0.4, -0.2) is 49.9 Å². The van der Waals surface area contributed by atoms with Gasteiger partial charge >= 0.3 is 6.03 Å². The third-order valence-electron chi connectivity index (χ3n) is 5.29. The van der Waals surface area contributed by atoms with Gasteiger partial charge in [-0.2, -0.15) is 0 Å². The van der Waals surface area contributed by atoms with Gasteiger partial charge in [-0.1, -0.05) is 25.1 Å². The van der Waals surface area contributed by atoms with Gasteiger partial charge in [0.05, 0.1) is 6.04 Å². The molecule has 24 heavy (non-hydrogen) atoms. The van der Waals surface area contributed by atoms with Crippen LogP contribution in [0.2, 0.25) is 0 Å². The Morgan fingerprint density at radius 2 is 2.04 bits per heavy atom. The highest BCUT2D eigenvalue weighted by molar-refractivity contribution is 5.75. The monoisotopic (exact) mass is 332 g/mol. The van der Waals surface area contributed by atoms with Crippen molar-refractivity contribution in [3.63, 3.8) is 0 Å². The number of nitrogens with zero attached hydrogens (tertiary/aromatic N) is 1. The van der Waals surface area contributed by atoms with Gasteiger partial charge in [0.25, 0.3) is 0 Å². The minimum absolute atomic E-state index is 0.0314. The number of rotatable bonds is 5.